The molecule has 1 aromatic carbocycles. The normalized spacial score (nSPS) is 26.5. The van der Waals surface area contributed by atoms with E-state index >= 15 is 0 Å². The maximum absolute atomic E-state index is 13.0. The van der Waals surface area contributed by atoms with Gasteiger partial charge in [0.25, 0.3) is 0 Å². The quantitative estimate of drug-likeness (QED) is 0.807. The van der Waals surface area contributed by atoms with Gasteiger partial charge in [-0.15, -0.1) is 0 Å². The van der Waals surface area contributed by atoms with E-state index in [9.17, 15) is 23.1 Å². The molecule has 3 atom stereocenters. The highest BCUT2D eigenvalue weighted by Gasteiger charge is 2.54. The van der Waals surface area contributed by atoms with Gasteiger partial charge in [-0.2, -0.15) is 4.31 Å². The van der Waals surface area contributed by atoms with E-state index in [1.807, 2.05) is 0 Å². The molecule has 1 aromatic rings. The Balaban J connectivity index is 2.02. The van der Waals surface area contributed by atoms with Crippen LogP contribution in [0.15, 0.2) is 23.1 Å². The SMILES string of the molecule is COC(=O)c1cc(Cl)cc(S(=O)(=O)N2C3CCC2C(C(=O)O)C3)c1. The van der Waals surface area contributed by atoms with Crippen molar-refractivity contribution in [3.63, 3.8) is 0 Å². The molecule has 3 unspecified atom stereocenters. The largest absolute Gasteiger partial charge is 0.481 e. The number of fused-ring (bicyclic) bond motifs is 2. The summed E-state index contributed by atoms with van der Waals surface area (Å²) in [6, 6.07) is 2.90. The van der Waals surface area contributed by atoms with Gasteiger partial charge in [0.2, 0.25) is 10.0 Å². The summed E-state index contributed by atoms with van der Waals surface area (Å²) in [5.74, 6) is -2.37. The summed E-state index contributed by atoms with van der Waals surface area (Å²) >= 11 is 5.95. The van der Waals surface area contributed by atoms with Crippen LogP contribution in [0, 0.1) is 5.92 Å². The summed E-state index contributed by atoms with van der Waals surface area (Å²) in [7, 11) is -2.76. The number of halogens is 1. The smallest absolute Gasteiger partial charge is 0.337 e. The molecule has 2 heterocycles. The highest BCUT2D eigenvalue weighted by atomic mass is 35.5. The monoisotopic (exact) mass is 373 g/mol. The number of methoxy groups -OCH3 is 1. The van der Waals surface area contributed by atoms with Crippen molar-refractivity contribution in [1.29, 1.82) is 0 Å². The summed E-state index contributed by atoms with van der Waals surface area (Å²) in [6.45, 7) is 0. The molecule has 9 heteroatoms. The summed E-state index contributed by atoms with van der Waals surface area (Å²) in [6.07, 6.45) is 1.47. The first-order chi connectivity index (χ1) is 11.3. The minimum Gasteiger partial charge on any atom is -0.481 e. The lowest BCUT2D eigenvalue weighted by Crippen LogP contribution is -2.37. The minimum absolute atomic E-state index is 0.0323. The number of hydrogen-bond donors (Lipinski definition) is 1. The molecule has 0 radical (unpaired) electrons. The number of carboxylic acids is 1. The number of carbonyl (C=O) groups excluding carboxylic acids is 1. The van der Waals surface area contributed by atoms with Crippen molar-refractivity contribution >= 4 is 33.6 Å². The van der Waals surface area contributed by atoms with E-state index in [0.717, 1.165) is 0 Å². The molecular weight excluding hydrogens is 358 g/mol. The zero-order valence-corrected chi connectivity index (χ0v) is 14.4. The van der Waals surface area contributed by atoms with Crippen LogP contribution < -0.4 is 0 Å². The Kier molecular flexibility index (Phi) is 4.31. The number of ether oxygens (including phenoxy) is 1. The third kappa shape index (κ3) is 2.68. The Bertz CT molecular complexity index is 808. The third-order valence-corrected chi connectivity index (χ3v) is 6.83. The van der Waals surface area contributed by atoms with Gasteiger partial charge in [-0.25, -0.2) is 13.2 Å². The van der Waals surface area contributed by atoms with Gasteiger partial charge in [0.1, 0.15) is 0 Å². The second-order valence-corrected chi connectivity index (χ2v) is 8.26. The van der Waals surface area contributed by atoms with Crippen LogP contribution >= 0.6 is 11.6 Å². The Labute approximate surface area is 144 Å². The predicted octanol–water partition coefficient (Wildman–Crippen LogP) is 1.75. The van der Waals surface area contributed by atoms with Crippen molar-refractivity contribution in [2.45, 2.75) is 36.2 Å². The number of carboxylic acid groups (broad SMARTS) is 1. The summed E-state index contributed by atoms with van der Waals surface area (Å²) < 4.78 is 31.9. The van der Waals surface area contributed by atoms with Gasteiger partial charge in [0.15, 0.2) is 0 Å². The second kappa shape index (κ2) is 6.02. The van der Waals surface area contributed by atoms with Crippen LogP contribution in [0.2, 0.25) is 5.02 Å². The van der Waals surface area contributed by atoms with Gasteiger partial charge in [-0.05, 0) is 37.5 Å². The highest BCUT2D eigenvalue weighted by molar-refractivity contribution is 7.89. The van der Waals surface area contributed by atoms with Gasteiger partial charge in [-0.3, -0.25) is 4.79 Å². The maximum Gasteiger partial charge on any atom is 0.337 e. The fraction of sp³-hybridized carbons (Fsp3) is 0.467. The van der Waals surface area contributed by atoms with Crippen molar-refractivity contribution < 1.29 is 27.9 Å². The van der Waals surface area contributed by atoms with Crippen LogP contribution in [0.1, 0.15) is 29.6 Å². The van der Waals surface area contributed by atoms with Gasteiger partial charge in [0, 0.05) is 17.1 Å². The van der Waals surface area contributed by atoms with Crippen molar-refractivity contribution in [2.75, 3.05) is 7.11 Å². The van der Waals surface area contributed by atoms with Crippen LogP contribution in [0.4, 0.5) is 0 Å². The predicted molar refractivity (Wildman–Crippen MR) is 84.4 cm³/mol. The topological polar surface area (TPSA) is 101 Å². The second-order valence-electron chi connectivity index (χ2n) is 5.98. The Morgan fingerprint density at radius 3 is 2.58 bits per heavy atom. The molecule has 0 spiro atoms. The molecule has 24 heavy (non-hydrogen) atoms. The number of sulfonamides is 1. The molecule has 1 N–H and O–H groups in total. The molecule has 2 bridgehead atoms. The number of esters is 1. The standard InChI is InChI=1S/C15H16ClNO6S/c1-23-15(20)8-4-9(16)6-11(5-8)24(21,22)17-10-2-3-13(17)12(7-10)14(18)19/h4-6,10,12-13H,2-3,7H2,1H3,(H,18,19). The Hall–Kier alpha value is -1.64. The van der Waals surface area contributed by atoms with Gasteiger partial charge in [0.05, 0.1) is 23.5 Å². The molecule has 0 saturated carbocycles. The molecule has 2 fully saturated rings. The van der Waals surface area contributed by atoms with E-state index in [0.29, 0.717) is 19.3 Å². The van der Waals surface area contributed by atoms with Crippen LogP contribution in [0.5, 0.6) is 0 Å². The first-order valence-electron chi connectivity index (χ1n) is 7.41. The molecule has 0 aliphatic carbocycles. The molecule has 3 rings (SSSR count). The molecular formula is C15H16ClNO6S. The van der Waals surface area contributed by atoms with Crippen LogP contribution in [-0.4, -0.2) is 49.0 Å². The van der Waals surface area contributed by atoms with Crippen molar-refractivity contribution in [3.05, 3.63) is 28.8 Å². The maximum atomic E-state index is 13.0. The van der Waals surface area contributed by atoms with Crippen molar-refractivity contribution in [1.82, 2.24) is 4.31 Å². The van der Waals surface area contributed by atoms with Crippen molar-refractivity contribution in [3.8, 4) is 0 Å². The number of benzene rings is 1. The lowest BCUT2D eigenvalue weighted by molar-refractivity contribution is -0.142. The number of rotatable bonds is 4. The van der Waals surface area contributed by atoms with E-state index in [-0.39, 0.29) is 21.5 Å². The number of hydrogen-bond acceptors (Lipinski definition) is 5. The fourth-order valence-corrected chi connectivity index (χ4v) is 5.94. The summed E-state index contributed by atoms with van der Waals surface area (Å²) in [5, 5.41) is 9.37. The van der Waals surface area contributed by atoms with E-state index in [1.54, 1.807) is 0 Å². The van der Waals surface area contributed by atoms with E-state index < -0.39 is 33.9 Å². The third-order valence-electron chi connectivity index (χ3n) is 4.66. The van der Waals surface area contributed by atoms with E-state index in [4.69, 9.17) is 11.6 Å². The fourth-order valence-electron chi connectivity index (χ4n) is 3.65. The number of aliphatic carboxylic acids is 1. The van der Waals surface area contributed by atoms with Crippen LogP contribution in [0.3, 0.4) is 0 Å². The molecule has 130 valence electrons. The van der Waals surface area contributed by atoms with E-state index in [1.165, 1.54) is 29.6 Å². The summed E-state index contributed by atoms with van der Waals surface area (Å²) in [4.78, 5) is 22.9. The zero-order valence-electron chi connectivity index (χ0n) is 12.8. The molecule has 2 aliphatic heterocycles. The first-order valence-corrected chi connectivity index (χ1v) is 9.22. The minimum atomic E-state index is -3.95. The average Bonchev–Trinajstić information content (AvgIpc) is 3.12. The molecule has 0 amide bonds. The number of nitrogens with zero attached hydrogens (tertiary/aromatic N) is 1. The lowest BCUT2D eigenvalue weighted by atomic mass is 9.89. The van der Waals surface area contributed by atoms with E-state index in [2.05, 4.69) is 4.74 Å². The molecule has 2 aliphatic rings. The van der Waals surface area contributed by atoms with Crippen LogP contribution in [-0.2, 0) is 19.6 Å². The van der Waals surface area contributed by atoms with Crippen molar-refractivity contribution in [2.24, 2.45) is 5.92 Å². The zero-order chi connectivity index (χ0) is 17.6. The van der Waals surface area contributed by atoms with Gasteiger partial charge < -0.3 is 9.84 Å². The Morgan fingerprint density at radius 2 is 2.00 bits per heavy atom. The van der Waals surface area contributed by atoms with Gasteiger partial charge >= 0.3 is 11.9 Å². The summed E-state index contributed by atoms with van der Waals surface area (Å²) in [5.41, 5.74) is 0.0323. The number of carbonyl (C=O) groups is 2. The van der Waals surface area contributed by atoms with Crippen LogP contribution in [0.25, 0.3) is 0 Å². The lowest BCUT2D eigenvalue weighted by Gasteiger charge is -2.22. The molecule has 2 saturated heterocycles. The highest BCUT2D eigenvalue weighted by Crippen LogP contribution is 2.45. The average molecular weight is 374 g/mol. The first kappa shape index (κ1) is 17.2. The van der Waals surface area contributed by atoms with Gasteiger partial charge in [-0.1, -0.05) is 11.6 Å². The molecule has 7 nitrogen and oxygen atoms in total. The Morgan fingerprint density at radius 1 is 1.29 bits per heavy atom. The molecule has 0 aromatic heterocycles.